The molecule has 2 amide bonds. The zero-order chi connectivity index (χ0) is 26.0. The minimum atomic E-state index is -0.581. The maximum Gasteiger partial charge on any atom is 0.352 e. The molecule has 0 atom stereocenters. The summed E-state index contributed by atoms with van der Waals surface area (Å²) < 4.78 is 3.73. The number of nitrogens with one attached hydrogen (secondary N) is 2. The second-order valence-electron chi connectivity index (χ2n) is 8.80. The third-order valence-corrected chi connectivity index (χ3v) is 5.86. The Balaban J connectivity index is 1.75. The summed E-state index contributed by atoms with van der Waals surface area (Å²) in [5, 5.41) is 10.8. The van der Waals surface area contributed by atoms with Gasteiger partial charge < -0.3 is 10.6 Å². The first kappa shape index (κ1) is 25.2. The molecule has 4 rings (SSSR count). The lowest BCUT2D eigenvalue weighted by molar-refractivity contribution is -0.122. The first-order valence-electron chi connectivity index (χ1n) is 11.7. The third-order valence-electron chi connectivity index (χ3n) is 5.60. The van der Waals surface area contributed by atoms with Gasteiger partial charge in [-0.1, -0.05) is 30.7 Å². The van der Waals surface area contributed by atoms with Crippen molar-refractivity contribution in [2.24, 2.45) is 0 Å². The Bertz CT molecular complexity index is 1570. The van der Waals surface area contributed by atoms with Crippen LogP contribution in [0.1, 0.15) is 43.1 Å². The quantitative estimate of drug-likeness (QED) is 0.377. The molecule has 0 aliphatic rings. The van der Waals surface area contributed by atoms with Crippen molar-refractivity contribution in [3.8, 4) is 0 Å². The Morgan fingerprint density at radius 3 is 2.47 bits per heavy atom. The molecular formula is C25H27ClN6O4. The van der Waals surface area contributed by atoms with Gasteiger partial charge in [0.15, 0.2) is 0 Å². The smallest absolute Gasteiger partial charge is 0.350 e. The molecule has 0 aliphatic carbocycles. The lowest BCUT2D eigenvalue weighted by Gasteiger charge is -2.11. The van der Waals surface area contributed by atoms with Crippen LogP contribution in [0.3, 0.4) is 0 Å². The van der Waals surface area contributed by atoms with Crippen LogP contribution in [-0.2, 0) is 24.4 Å². The highest BCUT2D eigenvalue weighted by molar-refractivity contribution is 6.30. The zero-order valence-corrected chi connectivity index (χ0v) is 21.0. The average molecular weight is 511 g/mol. The third kappa shape index (κ3) is 5.03. The fourth-order valence-electron chi connectivity index (χ4n) is 3.93. The summed E-state index contributed by atoms with van der Waals surface area (Å²) in [6.07, 6.45) is 0.637. The van der Waals surface area contributed by atoms with E-state index in [4.69, 9.17) is 11.6 Å². The van der Waals surface area contributed by atoms with E-state index < -0.39 is 11.6 Å². The van der Waals surface area contributed by atoms with Gasteiger partial charge in [0.25, 0.3) is 11.5 Å². The van der Waals surface area contributed by atoms with Crippen molar-refractivity contribution in [2.45, 2.75) is 52.9 Å². The maximum absolute atomic E-state index is 13.4. The highest BCUT2D eigenvalue weighted by Gasteiger charge is 2.20. The summed E-state index contributed by atoms with van der Waals surface area (Å²) in [5.74, 6) is -0.618. The lowest BCUT2D eigenvalue weighted by Crippen LogP contribution is -2.33. The molecule has 11 heteroatoms. The van der Waals surface area contributed by atoms with E-state index in [1.807, 2.05) is 20.8 Å². The SMILES string of the molecule is CCCn1c(=O)c2ccc(C(=O)NC(C)C)cc2n2c(=O)n(CC(=O)NCc3ccc(Cl)cc3)nc12. The van der Waals surface area contributed by atoms with Crippen molar-refractivity contribution in [3.05, 3.63) is 79.5 Å². The van der Waals surface area contributed by atoms with Crippen LogP contribution in [0.2, 0.25) is 5.02 Å². The number of amides is 2. The Kier molecular flexibility index (Phi) is 7.25. The number of aromatic nitrogens is 4. The minimum Gasteiger partial charge on any atom is -0.350 e. The number of hydrogen-bond acceptors (Lipinski definition) is 5. The average Bonchev–Trinajstić information content (AvgIpc) is 3.16. The van der Waals surface area contributed by atoms with E-state index in [0.29, 0.717) is 23.6 Å². The van der Waals surface area contributed by atoms with E-state index in [9.17, 15) is 19.2 Å². The molecule has 2 heterocycles. The maximum atomic E-state index is 13.4. The summed E-state index contributed by atoms with van der Waals surface area (Å²) in [7, 11) is 0. The molecule has 0 unspecified atom stereocenters. The van der Waals surface area contributed by atoms with Crippen LogP contribution in [0.5, 0.6) is 0 Å². The fraction of sp³-hybridized carbons (Fsp3) is 0.320. The second-order valence-corrected chi connectivity index (χ2v) is 9.23. The predicted molar refractivity (Wildman–Crippen MR) is 137 cm³/mol. The number of nitrogens with zero attached hydrogens (tertiary/aromatic N) is 4. The summed E-state index contributed by atoms with van der Waals surface area (Å²) in [6.45, 7) is 5.86. The van der Waals surface area contributed by atoms with E-state index in [-0.39, 0.29) is 47.3 Å². The molecule has 2 N–H and O–H groups in total. The van der Waals surface area contributed by atoms with Crippen molar-refractivity contribution in [3.63, 3.8) is 0 Å². The Labute approximate surface area is 211 Å². The first-order valence-corrected chi connectivity index (χ1v) is 12.1. The number of aryl methyl sites for hydroxylation is 1. The van der Waals surface area contributed by atoms with E-state index in [0.717, 1.165) is 10.2 Å². The van der Waals surface area contributed by atoms with Crippen LogP contribution >= 0.6 is 11.6 Å². The molecule has 36 heavy (non-hydrogen) atoms. The van der Waals surface area contributed by atoms with Crippen molar-refractivity contribution in [1.82, 2.24) is 29.4 Å². The molecule has 0 spiro atoms. The molecule has 4 aromatic rings. The van der Waals surface area contributed by atoms with Crippen molar-refractivity contribution in [2.75, 3.05) is 0 Å². The molecule has 0 radical (unpaired) electrons. The summed E-state index contributed by atoms with van der Waals surface area (Å²) in [5.41, 5.74) is 0.523. The topological polar surface area (TPSA) is 120 Å². The van der Waals surface area contributed by atoms with Gasteiger partial charge in [-0.3, -0.25) is 19.0 Å². The van der Waals surface area contributed by atoms with Gasteiger partial charge in [0.2, 0.25) is 11.7 Å². The molecule has 10 nitrogen and oxygen atoms in total. The number of rotatable bonds is 8. The zero-order valence-electron chi connectivity index (χ0n) is 20.2. The monoisotopic (exact) mass is 510 g/mol. The molecule has 0 aliphatic heterocycles. The van der Waals surface area contributed by atoms with Gasteiger partial charge in [-0.2, -0.15) is 0 Å². The van der Waals surface area contributed by atoms with Crippen LogP contribution in [0, 0.1) is 0 Å². The van der Waals surface area contributed by atoms with Crippen LogP contribution in [-0.4, -0.2) is 36.6 Å². The molecule has 188 valence electrons. The summed E-state index contributed by atoms with van der Waals surface area (Å²) in [4.78, 5) is 51.8. The predicted octanol–water partition coefficient (Wildman–Crippen LogP) is 2.33. The normalized spacial score (nSPS) is 11.4. The van der Waals surface area contributed by atoms with E-state index >= 15 is 0 Å². The highest BCUT2D eigenvalue weighted by Crippen LogP contribution is 2.15. The highest BCUT2D eigenvalue weighted by atomic mass is 35.5. The molecule has 0 bridgehead atoms. The van der Waals surface area contributed by atoms with E-state index in [2.05, 4.69) is 15.7 Å². The molecule has 2 aromatic heterocycles. The number of halogens is 1. The largest absolute Gasteiger partial charge is 0.352 e. The summed E-state index contributed by atoms with van der Waals surface area (Å²) >= 11 is 5.89. The second kappa shape index (κ2) is 10.4. The number of hydrogen-bond donors (Lipinski definition) is 2. The Hall–Kier alpha value is -3.92. The van der Waals surface area contributed by atoms with Gasteiger partial charge >= 0.3 is 5.69 Å². The first-order chi connectivity index (χ1) is 17.2. The minimum absolute atomic E-state index is 0.0809. The number of carbonyl (C=O) groups excluding carboxylic acids is 2. The number of fused-ring (bicyclic) bond motifs is 3. The molecule has 0 fully saturated rings. The van der Waals surface area contributed by atoms with Gasteiger partial charge in [-0.25, -0.2) is 13.9 Å². The van der Waals surface area contributed by atoms with Crippen molar-refractivity contribution < 1.29 is 9.59 Å². The van der Waals surface area contributed by atoms with E-state index in [1.165, 1.54) is 15.0 Å². The molecule has 0 saturated carbocycles. The lowest BCUT2D eigenvalue weighted by atomic mass is 10.1. The van der Waals surface area contributed by atoms with Gasteiger partial charge in [-0.15, -0.1) is 5.10 Å². The van der Waals surface area contributed by atoms with Crippen LogP contribution in [0.4, 0.5) is 0 Å². The Morgan fingerprint density at radius 1 is 1.08 bits per heavy atom. The van der Waals surface area contributed by atoms with Gasteiger partial charge in [0.05, 0.1) is 10.9 Å². The van der Waals surface area contributed by atoms with Crippen LogP contribution in [0.25, 0.3) is 16.7 Å². The van der Waals surface area contributed by atoms with Crippen molar-refractivity contribution in [1.29, 1.82) is 0 Å². The van der Waals surface area contributed by atoms with Crippen LogP contribution in [0.15, 0.2) is 52.1 Å². The molecular weight excluding hydrogens is 484 g/mol. The Morgan fingerprint density at radius 2 is 1.81 bits per heavy atom. The van der Waals surface area contributed by atoms with E-state index in [1.54, 1.807) is 36.4 Å². The summed E-state index contributed by atoms with van der Waals surface area (Å²) in [6, 6.07) is 11.6. The molecule has 0 saturated heterocycles. The van der Waals surface area contributed by atoms with Gasteiger partial charge in [0.1, 0.15) is 6.54 Å². The van der Waals surface area contributed by atoms with Crippen molar-refractivity contribution >= 4 is 40.1 Å². The van der Waals surface area contributed by atoms with Gasteiger partial charge in [-0.05, 0) is 56.2 Å². The molecule has 2 aromatic carbocycles. The number of benzene rings is 2. The van der Waals surface area contributed by atoms with Crippen LogP contribution < -0.4 is 21.9 Å². The van der Waals surface area contributed by atoms with Gasteiger partial charge in [0, 0.05) is 29.7 Å². The fourth-order valence-corrected chi connectivity index (χ4v) is 4.05. The standard InChI is InChI=1S/C25H27ClN6O4/c1-4-11-30-23(35)19-10-7-17(22(34)28-15(2)3)12-20(19)32-24(30)29-31(25(32)36)14-21(33)27-13-16-5-8-18(26)9-6-16/h5-10,12,15H,4,11,13-14H2,1-3H3,(H,27,33)(H,28,34). The number of carbonyl (C=O) groups is 2.